The van der Waals surface area contributed by atoms with Crippen LogP contribution in [0.15, 0.2) is 36.5 Å². The topological polar surface area (TPSA) is 47.0 Å². The highest BCUT2D eigenvalue weighted by Gasteiger charge is 2.05. The van der Waals surface area contributed by atoms with Crippen LogP contribution in [0.3, 0.4) is 0 Å². The number of aromatic nitrogens is 2. The number of para-hydroxylation sites is 1. The summed E-state index contributed by atoms with van der Waals surface area (Å²) in [6, 6.07) is 10.1. The maximum absolute atomic E-state index is 5.04. The van der Waals surface area contributed by atoms with E-state index in [9.17, 15) is 0 Å². The van der Waals surface area contributed by atoms with Gasteiger partial charge >= 0.3 is 0 Å². The second-order valence-electron chi connectivity index (χ2n) is 4.50. The second-order valence-corrected chi connectivity index (χ2v) is 5.53. The van der Waals surface area contributed by atoms with Crippen LogP contribution < -0.4 is 10.1 Å². The highest BCUT2D eigenvalue weighted by atomic mass is 32.1. The third-order valence-corrected chi connectivity index (χ3v) is 4.05. The van der Waals surface area contributed by atoms with Crippen molar-refractivity contribution in [2.45, 2.75) is 13.5 Å². The van der Waals surface area contributed by atoms with Crippen LogP contribution in [0.4, 0.5) is 5.13 Å². The van der Waals surface area contributed by atoms with Crippen LogP contribution in [0.1, 0.15) is 11.1 Å². The fourth-order valence-corrected chi connectivity index (χ4v) is 2.92. The largest absolute Gasteiger partial charge is 0.481 e. The third kappa shape index (κ3) is 2.58. The number of hydrogen-bond donors (Lipinski definition) is 1. The van der Waals surface area contributed by atoms with Gasteiger partial charge in [0.15, 0.2) is 5.13 Å². The number of ether oxygens (including phenoxy) is 1. The zero-order valence-electron chi connectivity index (χ0n) is 11.4. The first kappa shape index (κ1) is 12.9. The van der Waals surface area contributed by atoms with Crippen molar-refractivity contribution in [3.63, 3.8) is 0 Å². The Bertz CT molecular complexity index is 722. The second kappa shape index (κ2) is 5.46. The molecule has 5 heteroatoms. The summed E-state index contributed by atoms with van der Waals surface area (Å²) in [6.07, 6.45) is 1.81. The van der Waals surface area contributed by atoms with Gasteiger partial charge in [-0.3, -0.25) is 0 Å². The van der Waals surface area contributed by atoms with Crippen molar-refractivity contribution >= 4 is 26.7 Å². The Morgan fingerprint density at radius 3 is 2.85 bits per heavy atom. The van der Waals surface area contributed by atoms with Crippen LogP contribution in [0.2, 0.25) is 0 Å². The monoisotopic (exact) mass is 285 g/mol. The number of anilines is 1. The molecule has 2 heterocycles. The van der Waals surface area contributed by atoms with Crippen LogP contribution in [0.5, 0.6) is 5.88 Å². The number of rotatable bonds is 4. The Morgan fingerprint density at radius 1 is 1.25 bits per heavy atom. The van der Waals surface area contributed by atoms with E-state index in [1.807, 2.05) is 18.3 Å². The van der Waals surface area contributed by atoms with E-state index in [1.54, 1.807) is 18.4 Å². The van der Waals surface area contributed by atoms with Gasteiger partial charge in [0.05, 0.1) is 17.3 Å². The van der Waals surface area contributed by atoms with Gasteiger partial charge in [0.2, 0.25) is 5.88 Å². The van der Waals surface area contributed by atoms with Crippen molar-refractivity contribution in [2.75, 3.05) is 12.4 Å². The quantitative estimate of drug-likeness (QED) is 0.795. The Kier molecular flexibility index (Phi) is 3.52. The van der Waals surface area contributed by atoms with E-state index in [4.69, 9.17) is 4.74 Å². The van der Waals surface area contributed by atoms with Gasteiger partial charge in [-0.15, -0.1) is 0 Å². The summed E-state index contributed by atoms with van der Waals surface area (Å²) in [6.45, 7) is 2.79. The lowest BCUT2D eigenvalue weighted by Gasteiger charge is -2.03. The van der Waals surface area contributed by atoms with Crippen molar-refractivity contribution < 1.29 is 4.74 Å². The summed E-state index contributed by atoms with van der Waals surface area (Å²) in [7, 11) is 1.61. The van der Waals surface area contributed by atoms with Gasteiger partial charge in [-0.1, -0.05) is 29.5 Å². The number of benzene rings is 1. The summed E-state index contributed by atoms with van der Waals surface area (Å²) in [5.41, 5.74) is 3.38. The first-order chi connectivity index (χ1) is 9.76. The van der Waals surface area contributed by atoms with Crippen molar-refractivity contribution in [1.29, 1.82) is 0 Å². The number of hydrogen-bond acceptors (Lipinski definition) is 5. The minimum Gasteiger partial charge on any atom is -0.481 e. The number of nitrogens with one attached hydrogen (secondary N) is 1. The average molecular weight is 285 g/mol. The van der Waals surface area contributed by atoms with Gasteiger partial charge in [0.1, 0.15) is 0 Å². The molecule has 4 nitrogen and oxygen atoms in total. The van der Waals surface area contributed by atoms with Crippen LogP contribution >= 0.6 is 11.3 Å². The molecule has 2 aromatic heterocycles. The lowest BCUT2D eigenvalue weighted by molar-refractivity contribution is 0.397. The van der Waals surface area contributed by atoms with E-state index >= 15 is 0 Å². The number of aryl methyl sites for hydroxylation is 1. The first-order valence-corrected chi connectivity index (χ1v) is 7.17. The normalized spacial score (nSPS) is 10.7. The fraction of sp³-hybridized carbons (Fsp3) is 0.200. The molecule has 3 rings (SSSR count). The van der Waals surface area contributed by atoms with E-state index < -0.39 is 0 Å². The number of nitrogens with zero attached hydrogens (tertiary/aromatic N) is 2. The van der Waals surface area contributed by atoms with Gasteiger partial charge in [0.25, 0.3) is 0 Å². The van der Waals surface area contributed by atoms with Gasteiger partial charge < -0.3 is 10.1 Å². The number of thiazole rings is 1. The summed E-state index contributed by atoms with van der Waals surface area (Å²) >= 11 is 1.67. The molecular weight excluding hydrogens is 270 g/mol. The molecule has 0 amide bonds. The molecule has 20 heavy (non-hydrogen) atoms. The number of pyridine rings is 1. The van der Waals surface area contributed by atoms with Crippen LogP contribution in [-0.2, 0) is 6.54 Å². The number of fused-ring (bicyclic) bond motifs is 1. The van der Waals surface area contributed by atoms with Crippen molar-refractivity contribution in [3.8, 4) is 5.88 Å². The SMILES string of the molecule is COc1ccc(CNc2nc3c(C)cccc3s2)cn1. The first-order valence-electron chi connectivity index (χ1n) is 6.35. The third-order valence-electron chi connectivity index (χ3n) is 3.07. The van der Waals surface area contributed by atoms with Crippen LogP contribution in [0.25, 0.3) is 10.2 Å². The zero-order chi connectivity index (χ0) is 13.9. The summed E-state index contributed by atoms with van der Waals surface area (Å²) in [5.74, 6) is 0.629. The molecular formula is C15H15N3OS. The standard InChI is InChI=1S/C15H15N3OS/c1-10-4-3-5-12-14(10)18-15(20-12)17-9-11-6-7-13(19-2)16-8-11/h3-8H,9H2,1-2H3,(H,17,18). The molecule has 0 saturated carbocycles. The Labute approximate surface area is 121 Å². The van der Waals surface area contributed by atoms with E-state index in [0.717, 1.165) is 16.2 Å². The van der Waals surface area contributed by atoms with Gasteiger partial charge in [-0.25, -0.2) is 9.97 Å². The highest BCUT2D eigenvalue weighted by molar-refractivity contribution is 7.22. The summed E-state index contributed by atoms with van der Waals surface area (Å²) < 4.78 is 6.25. The van der Waals surface area contributed by atoms with E-state index in [-0.39, 0.29) is 0 Å². The molecule has 0 fully saturated rings. The summed E-state index contributed by atoms with van der Waals surface area (Å²) in [4.78, 5) is 8.81. The van der Waals surface area contributed by atoms with Crippen LogP contribution in [-0.4, -0.2) is 17.1 Å². The van der Waals surface area contributed by atoms with Crippen LogP contribution in [0, 0.1) is 6.92 Å². The molecule has 0 atom stereocenters. The highest BCUT2D eigenvalue weighted by Crippen LogP contribution is 2.28. The fourth-order valence-electron chi connectivity index (χ4n) is 1.98. The molecule has 1 aromatic carbocycles. The predicted molar refractivity (Wildman–Crippen MR) is 82.5 cm³/mol. The van der Waals surface area contributed by atoms with E-state index in [1.165, 1.54) is 10.3 Å². The molecule has 0 spiro atoms. The van der Waals surface area contributed by atoms with Crippen molar-refractivity contribution in [1.82, 2.24) is 9.97 Å². The minimum absolute atomic E-state index is 0.629. The number of methoxy groups -OCH3 is 1. The molecule has 1 N–H and O–H groups in total. The lowest BCUT2D eigenvalue weighted by atomic mass is 10.2. The van der Waals surface area contributed by atoms with Gasteiger partial charge in [-0.05, 0) is 24.1 Å². The molecule has 0 unspecified atom stereocenters. The lowest BCUT2D eigenvalue weighted by Crippen LogP contribution is -1.99. The van der Waals surface area contributed by atoms with Gasteiger partial charge in [0, 0.05) is 18.8 Å². The average Bonchev–Trinajstić information content (AvgIpc) is 2.90. The molecule has 3 aromatic rings. The molecule has 0 aliphatic heterocycles. The zero-order valence-corrected chi connectivity index (χ0v) is 12.2. The summed E-state index contributed by atoms with van der Waals surface area (Å²) in [5, 5.41) is 4.28. The molecule has 0 aliphatic carbocycles. The van der Waals surface area contributed by atoms with E-state index in [0.29, 0.717) is 12.4 Å². The Hall–Kier alpha value is -2.14. The maximum Gasteiger partial charge on any atom is 0.212 e. The molecule has 0 saturated heterocycles. The molecule has 0 bridgehead atoms. The molecule has 102 valence electrons. The van der Waals surface area contributed by atoms with Crippen molar-refractivity contribution in [2.24, 2.45) is 0 Å². The van der Waals surface area contributed by atoms with Crippen molar-refractivity contribution in [3.05, 3.63) is 47.7 Å². The Morgan fingerprint density at radius 2 is 2.15 bits per heavy atom. The molecule has 0 radical (unpaired) electrons. The maximum atomic E-state index is 5.04. The van der Waals surface area contributed by atoms with Gasteiger partial charge in [-0.2, -0.15) is 0 Å². The Balaban J connectivity index is 1.74. The predicted octanol–water partition coefficient (Wildman–Crippen LogP) is 3.62. The molecule has 0 aliphatic rings. The smallest absolute Gasteiger partial charge is 0.212 e. The van der Waals surface area contributed by atoms with E-state index in [2.05, 4.69) is 40.4 Å². The minimum atomic E-state index is 0.629.